The predicted octanol–water partition coefficient (Wildman–Crippen LogP) is 2.94. The Labute approximate surface area is 101 Å². The molecule has 1 saturated carbocycles. The third-order valence-corrected chi connectivity index (χ3v) is 2.88. The molecule has 0 bridgehead atoms. The van der Waals surface area contributed by atoms with Crippen LogP contribution in [0.4, 0.5) is 0 Å². The van der Waals surface area contributed by atoms with Crippen LogP contribution in [-0.4, -0.2) is 26.5 Å². The van der Waals surface area contributed by atoms with Crippen molar-refractivity contribution in [1.29, 1.82) is 0 Å². The van der Waals surface area contributed by atoms with Gasteiger partial charge in [0.1, 0.15) is 0 Å². The lowest BCUT2D eigenvalue weighted by molar-refractivity contribution is -0.176. The van der Waals surface area contributed by atoms with Gasteiger partial charge in [0.05, 0.1) is 0 Å². The average molecular weight is 246 g/mol. The van der Waals surface area contributed by atoms with Gasteiger partial charge in [-0.1, -0.05) is 49.6 Å². The first-order valence-corrected chi connectivity index (χ1v) is 5.42. The lowest BCUT2D eigenvalue weighted by Crippen LogP contribution is -2.03. The summed E-state index contributed by atoms with van der Waals surface area (Å²) in [7, 11) is 0. The van der Waals surface area contributed by atoms with Crippen LogP contribution in [0.3, 0.4) is 0 Å². The van der Waals surface area contributed by atoms with Crippen LogP contribution in [0.25, 0.3) is 0 Å². The standard InChI is InChI=1S/C12H16.2H2O2.H2O/c1-3-7-11(8-4-1)12-9-5-2-6-10-12;2*1-2;/h1,3-4,7-8,12H,2,5-6,9-10H2;2*1-2H;1H2. The van der Waals surface area contributed by atoms with Gasteiger partial charge in [0.2, 0.25) is 0 Å². The molecule has 5 nitrogen and oxygen atoms in total. The Hall–Kier alpha value is -0.980. The van der Waals surface area contributed by atoms with Crippen LogP contribution in [-0.2, 0) is 0 Å². The topological polar surface area (TPSA) is 112 Å². The summed E-state index contributed by atoms with van der Waals surface area (Å²) in [4.78, 5) is 0. The van der Waals surface area contributed by atoms with Crippen LogP contribution in [0.2, 0.25) is 0 Å². The van der Waals surface area contributed by atoms with E-state index in [1.807, 2.05) is 0 Å². The van der Waals surface area contributed by atoms with Gasteiger partial charge in [0, 0.05) is 0 Å². The van der Waals surface area contributed by atoms with Gasteiger partial charge in [-0.05, 0) is 24.3 Å². The van der Waals surface area contributed by atoms with Gasteiger partial charge in [0.15, 0.2) is 0 Å². The van der Waals surface area contributed by atoms with Crippen molar-refractivity contribution in [2.24, 2.45) is 0 Å². The van der Waals surface area contributed by atoms with Gasteiger partial charge in [0.25, 0.3) is 0 Å². The largest absolute Gasteiger partial charge is 0.412 e. The van der Waals surface area contributed by atoms with Gasteiger partial charge in [-0.15, -0.1) is 0 Å². The van der Waals surface area contributed by atoms with Crippen molar-refractivity contribution in [1.82, 2.24) is 0 Å². The van der Waals surface area contributed by atoms with Crippen LogP contribution >= 0.6 is 0 Å². The summed E-state index contributed by atoms with van der Waals surface area (Å²) in [5.41, 5.74) is 1.55. The predicted molar refractivity (Wildman–Crippen MR) is 66.4 cm³/mol. The molecule has 0 aromatic heterocycles. The number of hydrogen-bond acceptors (Lipinski definition) is 4. The van der Waals surface area contributed by atoms with Crippen molar-refractivity contribution >= 4 is 0 Å². The van der Waals surface area contributed by atoms with Crippen LogP contribution in [0, 0.1) is 0 Å². The first-order valence-electron chi connectivity index (χ1n) is 5.42. The molecule has 0 spiro atoms. The summed E-state index contributed by atoms with van der Waals surface area (Å²) >= 11 is 0. The molecular formula is C12H22O5. The molecule has 1 aromatic rings. The average Bonchev–Trinajstić information content (AvgIpc) is 2.45. The van der Waals surface area contributed by atoms with Crippen LogP contribution in [0.5, 0.6) is 0 Å². The minimum atomic E-state index is 0. The zero-order valence-electron chi connectivity index (χ0n) is 9.79. The maximum Gasteiger partial charge on any atom is -0.0162 e. The highest BCUT2D eigenvalue weighted by Crippen LogP contribution is 2.31. The third-order valence-electron chi connectivity index (χ3n) is 2.88. The molecular weight excluding hydrogens is 224 g/mol. The van der Waals surface area contributed by atoms with E-state index < -0.39 is 0 Å². The van der Waals surface area contributed by atoms with E-state index >= 15 is 0 Å². The molecule has 17 heavy (non-hydrogen) atoms. The molecule has 0 atom stereocenters. The van der Waals surface area contributed by atoms with Crippen LogP contribution in [0.15, 0.2) is 30.3 Å². The van der Waals surface area contributed by atoms with Crippen molar-refractivity contribution < 1.29 is 26.5 Å². The first kappa shape index (κ1) is 18.4. The van der Waals surface area contributed by atoms with Gasteiger partial charge in [-0.25, -0.2) is 0 Å². The first-order chi connectivity index (χ1) is 7.97. The van der Waals surface area contributed by atoms with E-state index in [1.165, 1.54) is 32.1 Å². The second-order valence-corrected chi connectivity index (χ2v) is 3.75. The van der Waals surface area contributed by atoms with Gasteiger partial charge in [-0.3, -0.25) is 21.0 Å². The van der Waals surface area contributed by atoms with Gasteiger partial charge in [-0.2, -0.15) is 0 Å². The molecule has 0 amide bonds. The van der Waals surface area contributed by atoms with Crippen LogP contribution < -0.4 is 0 Å². The minimum absolute atomic E-state index is 0. The number of benzene rings is 1. The summed E-state index contributed by atoms with van der Waals surface area (Å²) in [5, 5.41) is 24.0. The van der Waals surface area contributed by atoms with Gasteiger partial charge >= 0.3 is 0 Å². The van der Waals surface area contributed by atoms with Gasteiger partial charge < -0.3 is 5.48 Å². The van der Waals surface area contributed by atoms with Crippen molar-refractivity contribution in [3.8, 4) is 0 Å². The summed E-state index contributed by atoms with van der Waals surface area (Å²) in [5.74, 6) is 0.861. The summed E-state index contributed by atoms with van der Waals surface area (Å²) in [6.45, 7) is 0. The fourth-order valence-electron chi connectivity index (χ4n) is 2.16. The third kappa shape index (κ3) is 7.04. The van der Waals surface area contributed by atoms with E-state index in [4.69, 9.17) is 21.0 Å². The van der Waals surface area contributed by atoms with Crippen molar-refractivity contribution in [3.05, 3.63) is 35.9 Å². The molecule has 100 valence electrons. The Morgan fingerprint density at radius 2 is 1.24 bits per heavy atom. The lowest BCUT2D eigenvalue weighted by atomic mass is 9.84. The Bertz CT molecular complexity index is 234. The maximum atomic E-state index is 6.00. The monoisotopic (exact) mass is 246 g/mol. The Kier molecular flexibility index (Phi) is 14.2. The molecule has 6 N–H and O–H groups in total. The van der Waals surface area contributed by atoms with E-state index in [1.54, 1.807) is 5.56 Å². The van der Waals surface area contributed by atoms with E-state index in [2.05, 4.69) is 30.3 Å². The quantitative estimate of drug-likeness (QED) is 0.450. The Balaban J connectivity index is 0. The second kappa shape index (κ2) is 13.1. The van der Waals surface area contributed by atoms with E-state index in [-0.39, 0.29) is 5.48 Å². The molecule has 0 unspecified atom stereocenters. The number of hydrogen-bond donors (Lipinski definition) is 4. The molecule has 0 aliphatic heterocycles. The second-order valence-electron chi connectivity index (χ2n) is 3.75. The number of rotatable bonds is 1. The highest BCUT2D eigenvalue weighted by atomic mass is 17.0. The highest BCUT2D eigenvalue weighted by Gasteiger charge is 2.14. The fourth-order valence-corrected chi connectivity index (χ4v) is 2.16. The lowest BCUT2D eigenvalue weighted by Gasteiger charge is -2.21. The molecule has 0 radical (unpaired) electrons. The molecule has 2 rings (SSSR count). The molecule has 1 aromatic carbocycles. The van der Waals surface area contributed by atoms with Crippen LogP contribution in [0.1, 0.15) is 43.6 Å². The zero-order valence-corrected chi connectivity index (χ0v) is 9.79. The van der Waals surface area contributed by atoms with Crippen molar-refractivity contribution in [3.63, 3.8) is 0 Å². The fraction of sp³-hybridized carbons (Fsp3) is 0.500. The van der Waals surface area contributed by atoms with E-state index in [0.29, 0.717) is 0 Å². The van der Waals surface area contributed by atoms with E-state index in [9.17, 15) is 0 Å². The molecule has 1 aliphatic rings. The Morgan fingerprint density at radius 1 is 0.765 bits per heavy atom. The minimum Gasteiger partial charge on any atom is -0.412 e. The summed E-state index contributed by atoms with van der Waals surface area (Å²) in [6.07, 6.45) is 7.12. The molecule has 1 fully saturated rings. The molecule has 5 heteroatoms. The SMILES string of the molecule is O.OO.OO.c1ccc(C2CCCCC2)cc1. The van der Waals surface area contributed by atoms with Crippen molar-refractivity contribution in [2.45, 2.75) is 38.0 Å². The maximum absolute atomic E-state index is 6.00. The van der Waals surface area contributed by atoms with E-state index in [0.717, 1.165) is 5.92 Å². The smallest absolute Gasteiger partial charge is 0.0162 e. The normalized spacial score (nSPS) is 14.4. The summed E-state index contributed by atoms with van der Waals surface area (Å²) in [6, 6.07) is 11.0. The zero-order chi connectivity index (χ0) is 12.2. The highest BCUT2D eigenvalue weighted by molar-refractivity contribution is 5.19. The molecule has 0 saturated heterocycles. The molecule has 0 heterocycles. The van der Waals surface area contributed by atoms with Crippen molar-refractivity contribution in [2.75, 3.05) is 0 Å². The molecule has 1 aliphatic carbocycles. The summed E-state index contributed by atoms with van der Waals surface area (Å²) < 4.78 is 0. The Morgan fingerprint density at radius 3 is 1.71 bits per heavy atom.